The molecule has 0 aromatic heterocycles. The molecule has 0 aromatic carbocycles. The highest BCUT2D eigenvalue weighted by molar-refractivity contribution is 5.28. The molecule has 0 radical (unpaired) electrons. The molecule has 122 valence electrons. The van der Waals surface area contributed by atoms with Gasteiger partial charge >= 0.3 is 0 Å². The molecule has 2 heteroatoms. The molecule has 0 amide bonds. The van der Waals surface area contributed by atoms with Crippen molar-refractivity contribution >= 4 is 0 Å². The van der Waals surface area contributed by atoms with Gasteiger partial charge in [0.1, 0.15) is 0 Å². The van der Waals surface area contributed by atoms with Crippen LogP contribution in [0.1, 0.15) is 60.3 Å². The summed E-state index contributed by atoms with van der Waals surface area (Å²) < 4.78 is 0. The molecule has 0 aliphatic rings. The average molecular weight is 301 g/mol. The van der Waals surface area contributed by atoms with Crippen LogP contribution < -0.4 is 0 Å². The molecule has 1 N–H and O–H groups in total. The number of aliphatic hydroxyl groups excluding tert-OH is 1. The first-order valence-corrected chi connectivity index (χ1v) is 8.10. The van der Waals surface area contributed by atoms with Crippen molar-refractivity contribution < 1.29 is 5.11 Å². The van der Waals surface area contributed by atoms with Gasteiger partial charge in [-0.05, 0) is 58.4 Å². The van der Waals surface area contributed by atoms with Gasteiger partial charge in [0.25, 0.3) is 0 Å². The molecule has 0 rings (SSSR count). The van der Waals surface area contributed by atoms with Crippen molar-refractivity contribution in [3.63, 3.8) is 0 Å². The molecule has 0 heterocycles. The Balaban J connectivity index is 4.28. The van der Waals surface area contributed by atoms with Crippen molar-refractivity contribution in [2.24, 2.45) is 5.92 Å². The summed E-state index contributed by atoms with van der Waals surface area (Å²) in [6.45, 7) is 10.5. The number of nitrogens with zero attached hydrogens (tertiary/aromatic N) is 1. The Bertz CT molecular complexity index is 484. The minimum atomic E-state index is 0.154. The van der Waals surface area contributed by atoms with E-state index in [1.165, 1.54) is 11.1 Å². The topological polar surface area (TPSA) is 44.0 Å². The molecule has 0 atom stereocenters. The van der Waals surface area contributed by atoms with Gasteiger partial charge in [-0.25, -0.2) is 0 Å². The maximum Gasteiger partial charge on any atom is 0.0949 e. The Hall–Kier alpha value is -1.59. The van der Waals surface area contributed by atoms with Gasteiger partial charge in [-0.1, -0.05) is 48.8 Å². The van der Waals surface area contributed by atoms with Crippen LogP contribution in [0.5, 0.6) is 0 Å². The van der Waals surface area contributed by atoms with Crippen LogP contribution in [0.2, 0.25) is 0 Å². The van der Waals surface area contributed by atoms with E-state index in [0.717, 1.165) is 36.8 Å². The number of aliphatic hydroxyl groups is 1. The van der Waals surface area contributed by atoms with E-state index in [4.69, 9.17) is 10.4 Å². The normalized spacial score (nSPS) is 14.5. The first kappa shape index (κ1) is 20.4. The fourth-order valence-corrected chi connectivity index (χ4v) is 1.93. The second-order valence-electron chi connectivity index (χ2n) is 6.24. The number of hydrogen-bond acceptors (Lipinski definition) is 2. The van der Waals surface area contributed by atoms with E-state index in [2.05, 4.69) is 38.1 Å². The van der Waals surface area contributed by atoms with Crippen LogP contribution in [0.3, 0.4) is 0 Å². The zero-order chi connectivity index (χ0) is 17.0. The van der Waals surface area contributed by atoms with Gasteiger partial charge in [0.15, 0.2) is 0 Å². The van der Waals surface area contributed by atoms with Crippen LogP contribution in [0.15, 0.2) is 46.6 Å². The molecule has 0 aliphatic carbocycles. The number of nitriles is 1. The van der Waals surface area contributed by atoms with Crippen molar-refractivity contribution in [3.8, 4) is 6.07 Å². The van der Waals surface area contributed by atoms with Crippen LogP contribution in [0, 0.1) is 17.2 Å². The van der Waals surface area contributed by atoms with Crippen LogP contribution in [-0.2, 0) is 0 Å². The van der Waals surface area contributed by atoms with Crippen LogP contribution in [0.25, 0.3) is 0 Å². The molecule has 0 aromatic rings. The standard InChI is InChI=1S/C20H31NO/c1-16(2)20(14-21)13-12-18(4)10-6-8-17(3)9-7-11-19(5)15-22/h8,11-13,16,22H,6-7,9-10,15H2,1-5H3. The van der Waals surface area contributed by atoms with Gasteiger partial charge in [0, 0.05) is 5.57 Å². The number of hydrogen-bond donors (Lipinski definition) is 1. The summed E-state index contributed by atoms with van der Waals surface area (Å²) in [6, 6.07) is 2.25. The van der Waals surface area contributed by atoms with E-state index < -0.39 is 0 Å². The molecule has 2 nitrogen and oxygen atoms in total. The second-order valence-corrected chi connectivity index (χ2v) is 6.24. The Morgan fingerprint density at radius 1 is 0.955 bits per heavy atom. The third-order valence-corrected chi connectivity index (χ3v) is 3.61. The van der Waals surface area contributed by atoms with E-state index in [-0.39, 0.29) is 12.5 Å². The molecule has 22 heavy (non-hydrogen) atoms. The summed E-state index contributed by atoms with van der Waals surface area (Å²) in [6.07, 6.45) is 12.5. The van der Waals surface area contributed by atoms with Crippen molar-refractivity contribution in [1.82, 2.24) is 0 Å². The van der Waals surface area contributed by atoms with Crippen molar-refractivity contribution in [2.75, 3.05) is 6.61 Å². The molecule has 0 unspecified atom stereocenters. The zero-order valence-corrected chi connectivity index (χ0v) is 14.8. The molecule has 0 spiro atoms. The lowest BCUT2D eigenvalue weighted by Gasteiger charge is -2.02. The lowest BCUT2D eigenvalue weighted by molar-refractivity contribution is 0.331. The Morgan fingerprint density at radius 2 is 1.50 bits per heavy atom. The molecule has 0 bridgehead atoms. The highest BCUT2D eigenvalue weighted by Crippen LogP contribution is 2.13. The van der Waals surface area contributed by atoms with Gasteiger partial charge in [0.05, 0.1) is 12.7 Å². The monoisotopic (exact) mass is 301 g/mol. The Kier molecular flexibility index (Phi) is 11.1. The fourth-order valence-electron chi connectivity index (χ4n) is 1.93. The predicted octanol–water partition coefficient (Wildman–Crippen LogP) is 5.48. The second kappa shape index (κ2) is 12.0. The summed E-state index contributed by atoms with van der Waals surface area (Å²) in [5, 5.41) is 18.0. The molecule has 0 saturated heterocycles. The molecular formula is C20H31NO. The first-order chi connectivity index (χ1) is 10.4. The SMILES string of the molecule is CC(=CCCC(C)=CCCC(C)=CC=C(C#N)C(C)C)CO. The summed E-state index contributed by atoms with van der Waals surface area (Å²) >= 11 is 0. The molecule has 0 aliphatic heterocycles. The quantitative estimate of drug-likeness (QED) is 0.348. The summed E-state index contributed by atoms with van der Waals surface area (Å²) in [5.74, 6) is 0.284. The van der Waals surface area contributed by atoms with Gasteiger partial charge in [-0.3, -0.25) is 0 Å². The summed E-state index contributed by atoms with van der Waals surface area (Å²) in [5.41, 5.74) is 4.56. The largest absolute Gasteiger partial charge is 0.392 e. The Labute approximate surface area is 136 Å². The van der Waals surface area contributed by atoms with Gasteiger partial charge in [-0.15, -0.1) is 0 Å². The number of allylic oxidation sites excluding steroid dienone is 7. The van der Waals surface area contributed by atoms with Crippen molar-refractivity contribution in [3.05, 3.63) is 46.6 Å². The van der Waals surface area contributed by atoms with Gasteiger partial charge < -0.3 is 5.11 Å². The maximum atomic E-state index is 9.02. The van der Waals surface area contributed by atoms with Crippen molar-refractivity contribution in [1.29, 1.82) is 5.26 Å². The molecule has 0 saturated carbocycles. The van der Waals surface area contributed by atoms with E-state index in [1.54, 1.807) is 0 Å². The van der Waals surface area contributed by atoms with Crippen LogP contribution >= 0.6 is 0 Å². The van der Waals surface area contributed by atoms with E-state index in [0.29, 0.717) is 0 Å². The average Bonchev–Trinajstić information content (AvgIpc) is 2.47. The number of rotatable bonds is 9. The first-order valence-electron chi connectivity index (χ1n) is 8.10. The predicted molar refractivity (Wildman–Crippen MR) is 95.4 cm³/mol. The smallest absolute Gasteiger partial charge is 0.0949 e. The maximum absolute atomic E-state index is 9.02. The van der Waals surface area contributed by atoms with Crippen LogP contribution in [0.4, 0.5) is 0 Å². The van der Waals surface area contributed by atoms with E-state index in [1.807, 2.05) is 26.8 Å². The highest BCUT2D eigenvalue weighted by Gasteiger charge is 1.99. The fraction of sp³-hybridized carbons (Fsp3) is 0.550. The minimum absolute atomic E-state index is 0.154. The third-order valence-electron chi connectivity index (χ3n) is 3.61. The van der Waals surface area contributed by atoms with E-state index in [9.17, 15) is 0 Å². The van der Waals surface area contributed by atoms with Gasteiger partial charge in [0.2, 0.25) is 0 Å². The van der Waals surface area contributed by atoms with E-state index >= 15 is 0 Å². The van der Waals surface area contributed by atoms with Gasteiger partial charge in [-0.2, -0.15) is 5.26 Å². The molecular weight excluding hydrogens is 270 g/mol. The summed E-state index contributed by atoms with van der Waals surface area (Å²) in [7, 11) is 0. The lowest BCUT2D eigenvalue weighted by Crippen LogP contribution is -1.89. The Morgan fingerprint density at radius 3 is 2.00 bits per heavy atom. The van der Waals surface area contributed by atoms with Crippen LogP contribution in [-0.4, -0.2) is 11.7 Å². The lowest BCUT2D eigenvalue weighted by atomic mass is 10.0. The highest BCUT2D eigenvalue weighted by atomic mass is 16.3. The van der Waals surface area contributed by atoms with Crippen molar-refractivity contribution in [2.45, 2.75) is 60.3 Å². The summed E-state index contributed by atoms with van der Waals surface area (Å²) in [4.78, 5) is 0. The molecule has 0 fully saturated rings. The minimum Gasteiger partial charge on any atom is -0.392 e. The third kappa shape index (κ3) is 10.2. The zero-order valence-electron chi connectivity index (χ0n) is 14.8.